The van der Waals surface area contributed by atoms with Gasteiger partial charge in [0.05, 0.1) is 19.3 Å². The smallest absolute Gasteiger partial charge is 0.161 e. The minimum atomic E-state index is -0.448. The van der Waals surface area contributed by atoms with Gasteiger partial charge in [0.15, 0.2) is 11.5 Å². The summed E-state index contributed by atoms with van der Waals surface area (Å²) in [4.78, 5) is 0. The van der Waals surface area contributed by atoms with Gasteiger partial charge in [-0.3, -0.25) is 0 Å². The highest BCUT2D eigenvalue weighted by Gasteiger charge is 2.26. The molecule has 0 amide bonds. The molecule has 0 fully saturated rings. The summed E-state index contributed by atoms with van der Waals surface area (Å²) >= 11 is 0. The molecular formula is C19H22ClF2NO2. The fraction of sp³-hybridized carbons (Fsp3) is 0.368. The molecule has 0 spiro atoms. The van der Waals surface area contributed by atoms with Crippen LogP contribution in [0.5, 0.6) is 11.5 Å². The molecule has 1 atom stereocenters. The Hall–Kier alpha value is -1.85. The van der Waals surface area contributed by atoms with Crippen molar-refractivity contribution in [3.05, 3.63) is 58.7 Å². The van der Waals surface area contributed by atoms with Crippen LogP contribution >= 0.6 is 12.4 Å². The molecule has 0 aromatic heterocycles. The first-order chi connectivity index (χ1) is 11.6. The van der Waals surface area contributed by atoms with Crippen molar-refractivity contribution in [1.82, 2.24) is 5.32 Å². The van der Waals surface area contributed by atoms with E-state index in [-0.39, 0.29) is 12.4 Å². The normalized spacial score (nSPS) is 15.9. The highest BCUT2D eigenvalue weighted by Crippen LogP contribution is 2.38. The Labute approximate surface area is 152 Å². The molecule has 0 aliphatic carbocycles. The van der Waals surface area contributed by atoms with Crippen molar-refractivity contribution in [1.29, 1.82) is 0 Å². The number of halogens is 3. The van der Waals surface area contributed by atoms with Crippen molar-refractivity contribution >= 4 is 12.4 Å². The molecule has 0 saturated carbocycles. The van der Waals surface area contributed by atoms with Gasteiger partial charge in [0.25, 0.3) is 0 Å². The van der Waals surface area contributed by atoms with Gasteiger partial charge in [-0.2, -0.15) is 0 Å². The van der Waals surface area contributed by atoms with Crippen LogP contribution in [0.3, 0.4) is 0 Å². The number of benzene rings is 2. The van der Waals surface area contributed by atoms with Crippen molar-refractivity contribution < 1.29 is 18.3 Å². The third kappa shape index (κ3) is 4.05. The van der Waals surface area contributed by atoms with Crippen molar-refractivity contribution in [3.8, 4) is 11.5 Å². The molecule has 136 valence electrons. The van der Waals surface area contributed by atoms with E-state index >= 15 is 0 Å². The molecule has 3 rings (SSSR count). The van der Waals surface area contributed by atoms with E-state index in [4.69, 9.17) is 9.47 Å². The number of ether oxygens (including phenoxy) is 2. The molecule has 2 aromatic carbocycles. The highest BCUT2D eigenvalue weighted by atomic mass is 35.5. The molecular weight excluding hydrogens is 348 g/mol. The van der Waals surface area contributed by atoms with Crippen LogP contribution in [-0.2, 0) is 6.42 Å². The maximum absolute atomic E-state index is 14.2. The van der Waals surface area contributed by atoms with Gasteiger partial charge in [-0.1, -0.05) is 0 Å². The van der Waals surface area contributed by atoms with Crippen molar-refractivity contribution in [2.45, 2.75) is 26.3 Å². The third-order valence-electron chi connectivity index (χ3n) is 4.13. The fourth-order valence-corrected chi connectivity index (χ4v) is 3.11. The van der Waals surface area contributed by atoms with Gasteiger partial charge in [-0.25, -0.2) is 8.78 Å². The second-order valence-electron chi connectivity index (χ2n) is 5.67. The van der Waals surface area contributed by atoms with Gasteiger partial charge in [0, 0.05) is 12.1 Å². The van der Waals surface area contributed by atoms with E-state index in [1.165, 1.54) is 12.1 Å². The second kappa shape index (κ2) is 8.50. The zero-order valence-corrected chi connectivity index (χ0v) is 15.1. The molecule has 1 heterocycles. The van der Waals surface area contributed by atoms with Crippen molar-refractivity contribution in [3.63, 3.8) is 0 Å². The third-order valence-corrected chi connectivity index (χ3v) is 4.13. The standard InChI is InChI=1S/C19H21F2NO2.ClH/c1-3-23-17-9-12-7-8-22-19(14(12)11-18(17)24-4-2)15-10-13(20)5-6-16(15)21;/h5-6,9-11,19,22H,3-4,7-8H2,1-2H3;1H. The lowest BCUT2D eigenvalue weighted by molar-refractivity contribution is 0.286. The molecule has 2 aromatic rings. The fourth-order valence-electron chi connectivity index (χ4n) is 3.11. The largest absolute Gasteiger partial charge is 0.490 e. The Bertz CT molecular complexity index is 740. The zero-order valence-electron chi connectivity index (χ0n) is 14.3. The summed E-state index contributed by atoms with van der Waals surface area (Å²) in [7, 11) is 0. The Morgan fingerprint density at radius 1 is 1.00 bits per heavy atom. The molecule has 1 aliphatic heterocycles. The Morgan fingerprint density at radius 3 is 2.36 bits per heavy atom. The van der Waals surface area contributed by atoms with Crippen LogP contribution in [0.2, 0.25) is 0 Å². The summed E-state index contributed by atoms with van der Waals surface area (Å²) in [5, 5.41) is 3.28. The molecule has 6 heteroatoms. The van der Waals surface area contributed by atoms with Crippen molar-refractivity contribution in [2.75, 3.05) is 19.8 Å². The molecule has 0 bridgehead atoms. The van der Waals surface area contributed by atoms with Crippen LogP contribution in [0.4, 0.5) is 8.78 Å². The SMILES string of the molecule is CCOc1cc2c(cc1OCC)C(c1cc(F)ccc1F)NCC2.Cl. The van der Waals surface area contributed by atoms with Crippen LogP contribution in [0.1, 0.15) is 36.6 Å². The van der Waals surface area contributed by atoms with Crippen LogP contribution < -0.4 is 14.8 Å². The van der Waals surface area contributed by atoms with Crippen LogP contribution in [0, 0.1) is 11.6 Å². The van der Waals surface area contributed by atoms with Gasteiger partial charge in [0.2, 0.25) is 0 Å². The van der Waals surface area contributed by atoms with E-state index in [0.717, 1.165) is 23.6 Å². The van der Waals surface area contributed by atoms with E-state index in [1.54, 1.807) is 0 Å². The Kier molecular flexibility index (Phi) is 6.62. The summed E-state index contributed by atoms with van der Waals surface area (Å²) in [6.07, 6.45) is 0.801. The molecule has 25 heavy (non-hydrogen) atoms. The zero-order chi connectivity index (χ0) is 17.1. The number of fused-ring (bicyclic) bond motifs is 1. The molecule has 0 radical (unpaired) electrons. The average Bonchev–Trinajstić information content (AvgIpc) is 2.57. The number of hydrogen-bond donors (Lipinski definition) is 1. The minimum absolute atomic E-state index is 0. The van der Waals surface area contributed by atoms with Gasteiger partial charge in [0.1, 0.15) is 11.6 Å². The minimum Gasteiger partial charge on any atom is -0.490 e. The Morgan fingerprint density at radius 2 is 1.68 bits per heavy atom. The van der Waals surface area contributed by atoms with Gasteiger partial charge in [-0.05, 0) is 61.7 Å². The Balaban J connectivity index is 0.00000225. The number of hydrogen-bond acceptors (Lipinski definition) is 3. The van der Waals surface area contributed by atoms with Gasteiger partial charge in [-0.15, -0.1) is 12.4 Å². The lowest BCUT2D eigenvalue weighted by Crippen LogP contribution is -2.31. The van der Waals surface area contributed by atoms with E-state index < -0.39 is 17.7 Å². The van der Waals surface area contributed by atoms with Gasteiger partial charge < -0.3 is 14.8 Å². The first kappa shape index (κ1) is 19.5. The van der Waals surface area contributed by atoms with E-state index in [0.29, 0.717) is 36.8 Å². The number of nitrogens with one attached hydrogen (secondary N) is 1. The van der Waals surface area contributed by atoms with E-state index in [1.807, 2.05) is 26.0 Å². The summed E-state index contributed by atoms with van der Waals surface area (Å²) in [6.45, 7) is 5.55. The van der Waals surface area contributed by atoms with Crippen molar-refractivity contribution in [2.24, 2.45) is 0 Å². The first-order valence-electron chi connectivity index (χ1n) is 8.24. The van der Waals surface area contributed by atoms with E-state index in [2.05, 4.69) is 5.32 Å². The van der Waals surface area contributed by atoms with Gasteiger partial charge >= 0.3 is 0 Å². The predicted molar refractivity (Wildman–Crippen MR) is 95.9 cm³/mol. The lowest BCUT2D eigenvalue weighted by atomic mass is 9.89. The summed E-state index contributed by atoms with van der Waals surface area (Å²) in [5.74, 6) is 0.451. The molecule has 1 unspecified atom stereocenters. The number of rotatable bonds is 5. The first-order valence-corrected chi connectivity index (χ1v) is 8.24. The summed E-state index contributed by atoms with van der Waals surface area (Å²) in [6, 6.07) is 6.98. The second-order valence-corrected chi connectivity index (χ2v) is 5.67. The molecule has 1 N–H and O–H groups in total. The predicted octanol–water partition coefficient (Wildman–Crippen LogP) is 4.42. The van der Waals surface area contributed by atoms with Crippen LogP contribution in [0.15, 0.2) is 30.3 Å². The quantitative estimate of drug-likeness (QED) is 0.846. The highest BCUT2D eigenvalue weighted by molar-refractivity contribution is 5.85. The maximum Gasteiger partial charge on any atom is 0.161 e. The maximum atomic E-state index is 14.2. The van der Waals surface area contributed by atoms with E-state index in [9.17, 15) is 8.78 Å². The summed E-state index contributed by atoms with van der Waals surface area (Å²) < 4.78 is 39.2. The lowest BCUT2D eigenvalue weighted by Gasteiger charge is -2.29. The van der Waals surface area contributed by atoms with Crippen LogP contribution in [0.25, 0.3) is 0 Å². The topological polar surface area (TPSA) is 30.5 Å². The molecule has 0 saturated heterocycles. The molecule has 1 aliphatic rings. The molecule has 3 nitrogen and oxygen atoms in total. The monoisotopic (exact) mass is 369 g/mol. The van der Waals surface area contributed by atoms with Crippen LogP contribution in [-0.4, -0.2) is 19.8 Å². The average molecular weight is 370 g/mol. The summed E-state index contributed by atoms with van der Waals surface area (Å²) in [5.41, 5.74) is 2.27.